The van der Waals surface area contributed by atoms with E-state index >= 15 is 0 Å². The Kier molecular flexibility index (Phi) is 8.88. The standard InChI is InChI=1S/C31H31ClF3N5O2/c1-20(42-29-9-5-24(18-38-29)31(33,34)35)26-12-15-40(19-27(26)22-3-6-25(32)7-4-22)30(41)23-10-13-39(14-11-23)28-8-2-21(16-36)17-37-28/h2-9,17-18,20,23,26-27H,10-15,19H2,1H3/t20-,26+,27+/m0/s1. The molecule has 3 aromatic rings. The Hall–Kier alpha value is -3.84. The second kappa shape index (κ2) is 12.6. The van der Waals surface area contributed by atoms with Gasteiger partial charge in [-0.2, -0.15) is 18.4 Å². The van der Waals surface area contributed by atoms with E-state index in [9.17, 15) is 18.0 Å². The van der Waals surface area contributed by atoms with E-state index in [0.717, 1.165) is 23.6 Å². The second-order valence-corrected chi connectivity index (χ2v) is 11.3. The number of nitrogens with zero attached hydrogens (tertiary/aromatic N) is 5. The van der Waals surface area contributed by atoms with Crippen LogP contribution in [-0.4, -0.2) is 53.1 Å². The molecular formula is C31H31ClF3N5O2. The largest absolute Gasteiger partial charge is 0.474 e. The predicted molar refractivity (Wildman–Crippen MR) is 152 cm³/mol. The molecule has 5 rings (SSSR count). The summed E-state index contributed by atoms with van der Waals surface area (Å²) in [5, 5.41) is 9.62. The van der Waals surface area contributed by atoms with Crippen LogP contribution in [0.2, 0.25) is 5.02 Å². The molecule has 2 aliphatic heterocycles. The zero-order valence-corrected chi connectivity index (χ0v) is 23.9. The van der Waals surface area contributed by atoms with Crippen LogP contribution in [0.5, 0.6) is 5.88 Å². The Morgan fingerprint density at radius 3 is 2.36 bits per heavy atom. The van der Waals surface area contributed by atoms with Crippen molar-refractivity contribution < 1.29 is 22.7 Å². The molecule has 1 amide bonds. The van der Waals surface area contributed by atoms with E-state index in [0.29, 0.717) is 56.0 Å². The molecule has 0 unspecified atom stereocenters. The summed E-state index contributed by atoms with van der Waals surface area (Å²) >= 11 is 6.15. The van der Waals surface area contributed by atoms with Gasteiger partial charge in [-0.25, -0.2) is 9.97 Å². The fourth-order valence-corrected chi connectivity index (χ4v) is 6.07. The number of benzene rings is 1. The number of likely N-dealkylation sites (tertiary alicyclic amines) is 1. The minimum Gasteiger partial charge on any atom is -0.474 e. The smallest absolute Gasteiger partial charge is 0.417 e. The molecule has 0 N–H and O–H groups in total. The van der Waals surface area contributed by atoms with Gasteiger partial charge in [-0.15, -0.1) is 0 Å². The van der Waals surface area contributed by atoms with Crippen molar-refractivity contribution in [2.75, 3.05) is 31.1 Å². The third-order valence-corrected chi connectivity index (χ3v) is 8.55. The zero-order valence-electron chi connectivity index (χ0n) is 23.1. The van der Waals surface area contributed by atoms with Crippen LogP contribution in [0.25, 0.3) is 0 Å². The van der Waals surface area contributed by atoms with Gasteiger partial charge in [0.15, 0.2) is 0 Å². The van der Waals surface area contributed by atoms with Gasteiger partial charge in [0.05, 0.1) is 11.1 Å². The third kappa shape index (κ3) is 6.79. The Balaban J connectivity index is 1.25. The van der Waals surface area contributed by atoms with Crippen molar-refractivity contribution >= 4 is 23.3 Å². The first-order valence-corrected chi connectivity index (χ1v) is 14.4. The first kappa shape index (κ1) is 29.6. The van der Waals surface area contributed by atoms with Crippen LogP contribution in [0, 0.1) is 23.2 Å². The molecule has 0 saturated carbocycles. The number of pyridine rings is 2. The lowest BCUT2D eigenvalue weighted by Gasteiger charge is -2.43. The SMILES string of the molecule is C[C@H](Oc1ccc(C(F)(F)F)cn1)[C@H]1CCN(C(=O)C2CCN(c3ccc(C#N)cn3)CC2)C[C@@H]1c1ccc(Cl)cc1. The number of anilines is 1. The molecule has 0 radical (unpaired) electrons. The van der Waals surface area contributed by atoms with Crippen molar-refractivity contribution in [3.63, 3.8) is 0 Å². The van der Waals surface area contributed by atoms with Crippen LogP contribution >= 0.6 is 11.6 Å². The van der Waals surface area contributed by atoms with Gasteiger partial charge in [-0.1, -0.05) is 23.7 Å². The first-order chi connectivity index (χ1) is 20.1. The molecule has 42 heavy (non-hydrogen) atoms. The van der Waals surface area contributed by atoms with Gasteiger partial charge >= 0.3 is 6.18 Å². The van der Waals surface area contributed by atoms with Gasteiger partial charge < -0.3 is 14.5 Å². The van der Waals surface area contributed by atoms with Gasteiger partial charge in [0, 0.05) is 67.4 Å². The van der Waals surface area contributed by atoms with Gasteiger partial charge in [-0.05, 0) is 62.1 Å². The number of ether oxygens (including phenoxy) is 1. The van der Waals surface area contributed by atoms with Crippen LogP contribution in [0.1, 0.15) is 48.8 Å². The maximum atomic E-state index is 13.7. The highest BCUT2D eigenvalue weighted by molar-refractivity contribution is 6.30. The first-order valence-electron chi connectivity index (χ1n) is 14.0. The van der Waals surface area contributed by atoms with E-state index in [1.165, 1.54) is 6.07 Å². The number of piperidine rings is 2. The monoisotopic (exact) mass is 597 g/mol. The van der Waals surface area contributed by atoms with Gasteiger partial charge in [0.25, 0.3) is 0 Å². The summed E-state index contributed by atoms with van der Waals surface area (Å²) in [4.78, 5) is 26.0. The number of carbonyl (C=O) groups is 1. The Labute approximate surface area is 247 Å². The van der Waals surface area contributed by atoms with Crippen molar-refractivity contribution in [1.82, 2.24) is 14.9 Å². The molecule has 1 aromatic carbocycles. The zero-order chi connectivity index (χ0) is 29.9. The summed E-state index contributed by atoms with van der Waals surface area (Å²) in [6, 6.07) is 15.4. The topological polar surface area (TPSA) is 82.4 Å². The molecule has 0 aliphatic carbocycles. The van der Waals surface area contributed by atoms with Crippen molar-refractivity contribution in [2.24, 2.45) is 11.8 Å². The predicted octanol–water partition coefficient (Wildman–Crippen LogP) is 6.34. The Morgan fingerprint density at radius 1 is 1.02 bits per heavy atom. The number of carbonyl (C=O) groups excluding carboxylic acids is 1. The molecule has 2 aromatic heterocycles. The molecule has 2 saturated heterocycles. The van der Waals surface area contributed by atoms with Crippen LogP contribution in [0.15, 0.2) is 60.9 Å². The van der Waals surface area contributed by atoms with E-state index in [1.54, 1.807) is 12.3 Å². The molecule has 4 heterocycles. The number of amides is 1. The maximum Gasteiger partial charge on any atom is 0.417 e. The average molecular weight is 598 g/mol. The van der Waals surface area contributed by atoms with Gasteiger partial charge in [0.2, 0.25) is 11.8 Å². The van der Waals surface area contributed by atoms with E-state index < -0.39 is 11.7 Å². The summed E-state index contributed by atoms with van der Waals surface area (Å²) in [7, 11) is 0. The quantitative estimate of drug-likeness (QED) is 0.330. The summed E-state index contributed by atoms with van der Waals surface area (Å²) in [5.74, 6) is 0.938. The van der Waals surface area contributed by atoms with E-state index in [2.05, 4.69) is 20.9 Å². The number of nitriles is 1. The molecule has 220 valence electrons. The van der Waals surface area contributed by atoms with Crippen LogP contribution < -0.4 is 9.64 Å². The van der Waals surface area contributed by atoms with Crippen LogP contribution in [-0.2, 0) is 11.0 Å². The fourth-order valence-electron chi connectivity index (χ4n) is 5.94. The lowest BCUT2D eigenvalue weighted by Crippen LogP contribution is -2.49. The highest BCUT2D eigenvalue weighted by atomic mass is 35.5. The fraction of sp³-hybridized carbons (Fsp3) is 0.419. The number of hydrogen-bond acceptors (Lipinski definition) is 6. The van der Waals surface area contributed by atoms with Crippen molar-refractivity contribution in [3.05, 3.63) is 82.6 Å². The molecular weight excluding hydrogens is 567 g/mol. The molecule has 0 spiro atoms. The summed E-state index contributed by atoms with van der Waals surface area (Å²) < 4.78 is 44.9. The summed E-state index contributed by atoms with van der Waals surface area (Å²) in [6.07, 6.45) is -0.372. The number of alkyl halides is 3. The molecule has 7 nitrogen and oxygen atoms in total. The van der Waals surface area contributed by atoms with E-state index in [-0.39, 0.29) is 35.6 Å². The molecule has 2 fully saturated rings. The lowest BCUT2D eigenvalue weighted by atomic mass is 9.77. The van der Waals surface area contributed by atoms with Crippen LogP contribution in [0.4, 0.5) is 19.0 Å². The molecule has 0 bridgehead atoms. The van der Waals surface area contributed by atoms with Crippen LogP contribution in [0.3, 0.4) is 0 Å². The molecule has 3 atom stereocenters. The Bertz CT molecular complexity index is 1400. The van der Waals surface area contributed by atoms with Gasteiger partial charge in [0.1, 0.15) is 18.0 Å². The van der Waals surface area contributed by atoms with E-state index in [1.807, 2.05) is 42.2 Å². The Morgan fingerprint density at radius 2 is 1.76 bits per heavy atom. The summed E-state index contributed by atoms with van der Waals surface area (Å²) in [6.45, 7) is 4.39. The number of aromatic nitrogens is 2. The maximum absolute atomic E-state index is 13.7. The highest BCUT2D eigenvalue weighted by Gasteiger charge is 2.39. The van der Waals surface area contributed by atoms with Crippen molar-refractivity contribution in [2.45, 2.75) is 44.4 Å². The third-order valence-electron chi connectivity index (χ3n) is 8.29. The minimum atomic E-state index is -4.46. The van der Waals surface area contributed by atoms with E-state index in [4.69, 9.17) is 21.6 Å². The summed E-state index contributed by atoms with van der Waals surface area (Å²) in [5.41, 5.74) is 0.713. The van der Waals surface area contributed by atoms with Crippen molar-refractivity contribution in [3.8, 4) is 11.9 Å². The van der Waals surface area contributed by atoms with Crippen molar-refractivity contribution in [1.29, 1.82) is 5.26 Å². The number of hydrogen-bond donors (Lipinski definition) is 0. The lowest BCUT2D eigenvalue weighted by molar-refractivity contribution is -0.139. The second-order valence-electron chi connectivity index (χ2n) is 10.9. The normalized spacial score (nSPS) is 20.6. The number of rotatable bonds is 6. The minimum absolute atomic E-state index is 0.00335. The molecule has 2 aliphatic rings. The molecule has 11 heteroatoms. The average Bonchev–Trinajstić information content (AvgIpc) is 3.01. The van der Waals surface area contributed by atoms with Gasteiger partial charge in [-0.3, -0.25) is 4.79 Å². The highest BCUT2D eigenvalue weighted by Crippen LogP contribution is 2.38. The number of halogens is 4.